The Morgan fingerprint density at radius 1 is 0.935 bits per heavy atom. The quantitative estimate of drug-likeness (QED) is 0.494. The van der Waals surface area contributed by atoms with E-state index in [0.29, 0.717) is 41.6 Å². The van der Waals surface area contributed by atoms with Crippen molar-refractivity contribution in [3.8, 4) is 28.7 Å². The molecule has 3 aromatic rings. The molecule has 9 heteroatoms. The highest BCUT2D eigenvalue weighted by molar-refractivity contribution is 5.54. The molecule has 2 aromatic carbocycles. The Morgan fingerprint density at radius 2 is 1.55 bits per heavy atom. The molecule has 166 valence electrons. The summed E-state index contributed by atoms with van der Waals surface area (Å²) in [6, 6.07) is 8.45. The molecule has 0 unspecified atom stereocenters. The minimum absolute atomic E-state index is 0.268. The third-order valence-electron chi connectivity index (χ3n) is 4.62. The molecule has 0 spiro atoms. The minimum Gasteiger partial charge on any atom is -0.493 e. The zero-order chi connectivity index (χ0) is 22.6. The number of aromatic nitrogens is 1. The molecule has 31 heavy (non-hydrogen) atoms. The van der Waals surface area contributed by atoms with Crippen molar-refractivity contribution in [1.82, 2.24) is 9.88 Å². The topological polar surface area (TPSA) is 57.0 Å². The van der Waals surface area contributed by atoms with E-state index in [1.807, 2.05) is 24.1 Å². The highest BCUT2D eigenvalue weighted by Crippen LogP contribution is 2.38. The minimum atomic E-state index is -4.38. The molecule has 1 aromatic heterocycles. The largest absolute Gasteiger partial charge is 0.493 e. The standard InChI is InChI=1S/C22H23F3N2O4/c1-27(11-14-9-18(28-2)20(30-4)19(10-14)29-3)12-17-13-31-21(26-17)15-5-7-16(8-6-15)22(23,24)25/h5-10,13H,11-12H2,1-4H3. The van der Waals surface area contributed by atoms with Crippen molar-refractivity contribution in [2.75, 3.05) is 28.4 Å². The Labute approximate surface area is 178 Å². The SMILES string of the molecule is COc1cc(CN(C)Cc2coc(-c3ccc(C(F)(F)F)cc3)n2)cc(OC)c1OC. The molecule has 0 saturated heterocycles. The van der Waals surface area contributed by atoms with Gasteiger partial charge in [0.2, 0.25) is 11.6 Å². The number of oxazole rings is 1. The lowest BCUT2D eigenvalue weighted by Gasteiger charge is -2.18. The number of hydrogen-bond acceptors (Lipinski definition) is 6. The molecule has 0 aliphatic heterocycles. The summed E-state index contributed by atoms with van der Waals surface area (Å²) in [6.07, 6.45) is -2.88. The summed E-state index contributed by atoms with van der Waals surface area (Å²) >= 11 is 0. The van der Waals surface area contributed by atoms with Gasteiger partial charge in [-0.2, -0.15) is 13.2 Å². The maximum atomic E-state index is 12.7. The molecule has 0 amide bonds. The van der Waals surface area contributed by atoms with Crippen molar-refractivity contribution in [2.24, 2.45) is 0 Å². The van der Waals surface area contributed by atoms with Crippen LogP contribution in [0.2, 0.25) is 0 Å². The Morgan fingerprint density at radius 3 is 2.06 bits per heavy atom. The van der Waals surface area contributed by atoms with E-state index in [4.69, 9.17) is 18.6 Å². The van der Waals surface area contributed by atoms with E-state index in [9.17, 15) is 13.2 Å². The van der Waals surface area contributed by atoms with Crippen molar-refractivity contribution >= 4 is 0 Å². The van der Waals surface area contributed by atoms with Gasteiger partial charge < -0.3 is 18.6 Å². The number of hydrogen-bond donors (Lipinski definition) is 0. The average molecular weight is 436 g/mol. The summed E-state index contributed by atoms with van der Waals surface area (Å²) in [5.41, 5.74) is 1.37. The number of halogens is 3. The van der Waals surface area contributed by atoms with Crippen LogP contribution in [0.3, 0.4) is 0 Å². The first-order valence-corrected chi connectivity index (χ1v) is 9.34. The molecule has 0 fully saturated rings. The first-order chi connectivity index (χ1) is 14.7. The second-order valence-electron chi connectivity index (χ2n) is 6.92. The number of alkyl halides is 3. The fraction of sp³-hybridized carbons (Fsp3) is 0.318. The van der Waals surface area contributed by atoms with Crippen LogP contribution in [0.4, 0.5) is 13.2 Å². The number of ether oxygens (including phenoxy) is 3. The van der Waals surface area contributed by atoms with E-state index in [0.717, 1.165) is 17.7 Å². The van der Waals surface area contributed by atoms with E-state index in [1.54, 1.807) is 21.3 Å². The molecule has 0 aliphatic rings. The lowest BCUT2D eigenvalue weighted by atomic mass is 10.1. The Kier molecular flexibility index (Phi) is 6.74. The fourth-order valence-corrected chi connectivity index (χ4v) is 3.18. The van der Waals surface area contributed by atoms with Crippen molar-refractivity contribution < 1.29 is 31.8 Å². The summed E-state index contributed by atoms with van der Waals surface area (Å²) in [5, 5.41) is 0. The van der Waals surface area contributed by atoms with Crippen LogP contribution in [0.5, 0.6) is 17.2 Å². The van der Waals surface area contributed by atoms with Gasteiger partial charge in [-0.15, -0.1) is 0 Å². The van der Waals surface area contributed by atoms with E-state index < -0.39 is 11.7 Å². The van der Waals surface area contributed by atoms with E-state index in [2.05, 4.69) is 4.98 Å². The smallest absolute Gasteiger partial charge is 0.416 e. The summed E-state index contributed by atoms with van der Waals surface area (Å²) in [7, 11) is 6.58. The van der Waals surface area contributed by atoms with E-state index in [-0.39, 0.29) is 5.89 Å². The Bertz CT molecular complexity index is 991. The summed E-state index contributed by atoms with van der Waals surface area (Å²) in [6.45, 7) is 1.04. The van der Waals surface area contributed by atoms with Gasteiger partial charge in [0, 0.05) is 18.7 Å². The van der Waals surface area contributed by atoms with Gasteiger partial charge in [-0.25, -0.2) is 4.98 Å². The van der Waals surface area contributed by atoms with Crippen molar-refractivity contribution in [3.05, 3.63) is 59.5 Å². The summed E-state index contributed by atoms with van der Waals surface area (Å²) in [4.78, 5) is 6.40. The van der Waals surface area contributed by atoms with Crippen LogP contribution in [0.25, 0.3) is 11.5 Å². The number of benzene rings is 2. The van der Waals surface area contributed by atoms with Crippen LogP contribution in [0.1, 0.15) is 16.8 Å². The van der Waals surface area contributed by atoms with Gasteiger partial charge in [-0.05, 0) is 49.0 Å². The first-order valence-electron chi connectivity index (χ1n) is 9.34. The Balaban J connectivity index is 1.70. The monoisotopic (exact) mass is 436 g/mol. The second kappa shape index (κ2) is 9.30. The normalized spacial score (nSPS) is 11.6. The van der Waals surface area contributed by atoms with E-state index >= 15 is 0 Å². The van der Waals surface area contributed by atoms with Crippen LogP contribution < -0.4 is 14.2 Å². The van der Waals surface area contributed by atoms with Gasteiger partial charge in [-0.3, -0.25) is 4.90 Å². The Hall–Kier alpha value is -3.20. The van der Waals surface area contributed by atoms with Crippen LogP contribution in [0.15, 0.2) is 47.1 Å². The zero-order valence-corrected chi connectivity index (χ0v) is 17.6. The van der Waals surface area contributed by atoms with Gasteiger partial charge in [-0.1, -0.05) is 0 Å². The van der Waals surface area contributed by atoms with Gasteiger partial charge >= 0.3 is 6.18 Å². The highest BCUT2D eigenvalue weighted by atomic mass is 19.4. The molecule has 0 aliphatic carbocycles. The third kappa shape index (κ3) is 5.29. The molecule has 6 nitrogen and oxygen atoms in total. The van der Waals surface area contributed by atoms with Crippen LogP contribution in [-0.4, -0.2) is 38.3 Å². The van der Waals surface area contributed by atoms with Crippen molar-refractivity contribution in [1.29, 1.82) is 0 Å². The van der Waals surface area contributed by atoms with Crippen LogP contribution >= 0.6 is 0 Å². The predicted octanol–water partition coefficient (Wildman–Crippen LogP) is 5.02. The van der Waals surface area contributed by atoms with Crippen molar-refractivity contribution in [3.63, 3.8) is 0 Å². The van der Waals surface area contributed by atoms with Crippen LogP contribution in [0, 0.1) is 0 Å². The first kappa shape index (κ1) is 22.5. The molecular formula is C22H23F3N2O4. The van der Waals surface area contributed by atoms with Gasteiger partial charge in [0.05, 0.1) is 32.6 Å². The zero-order valence-electron chi connectivity index (χ0n) is 17.6. The third-order valence-corrected chi connectivity index (χ3v) is 4.62. The highest BCUT2D eigenvalue weighted by Gasteiger charge is 2.30. The molecular weight excluding hydrogens is 413 g/mol. The molecule has 0 bridgehead atoms. The molecule has 0 atom stereocenters. The molecule has 0 saturated carbocycles. The summed E-state index contributed by atoms with van der Waals surface area (Å²) < 4.78 is 59.7. The van der Waals surface area contributed by atoms with Crippen LogP contribution in [-0.2, 0) is 19.3 Å². The van der Waals surface area contributed by atoms with E-state index in [1.165, 1.54) is 18.4 Å². The predicted molar refractivity (Wildman–Crippen MR) is 108 cm³/mol. The molecule has 0 N–H and O–H groups in total. The van der Waals surface area contributed by atoms with Gasteiger partial charge in [0.1, 0.15) is 6.26 Å². The molecule has 3 rings (SSSR count). The lowest BCUT2D eigenvalue weighted by Crippen LogP contribution is -2.17. The number of rotatable bonds is 8. The fourth-order valence-electron chi connectivity index (χ4n) is 3.18. The van der Waals surface area contributed by atoms with Crippen molar-refractivity contribution in [2.45, 2.75) is 19.3 Å². The van der Waals surface area contributed by atoms with Gasteiger partial charge in [0.15, 0.2) is 11.5 Å². The molecule has 0 radical (unpaired) electrons. The van der Waals surface area contributed by atoms with Gasteiger partial charge in [0.25, 0.3) is 0 Å². The lowest BCUT2D eigenvalue weighted by molar-refractivity contribution is -0.137. The molecule has 1 heterocycles. The average Bonchev–Trinajstić information content (AvgIpc) is 3.20. The second-order valence-corrected chi connectivity index (χ2v) is 6.92. The summed E-state index contributed by atoms with van der Waals surface area (Å²) in [5.74, 6) is 1.92. The number of methoxy groups -OCH3 is 3. The maximum absolute atomic E-state index is 12.7. The maximum Gasteiger partial charge on any atom is 0.416 e. The number of nitrogens with zero attached hydrogens (tertiary/aromatic N) is 2.